The maximum atomic E-state index is 13.8. The van der Waals surface area contributed by atoms with Crippen LogP contribution >= 0.6 is 15.9 Å². The summed E-state index contributed by atoms with van der Waals surface area (Å²) in [5.41, 5.74) is 6.41. The fourth-order valence-corrected chi connectivity index (χ4v) is 2.17. The second-order valence-corrected chi connectivity index (χ2v) is 5.18. The maximum Gasteiger partial charge on any atom is 0.573 e. The van der Waals surface area contributed by atoms with E-state index < -0.39 is 24.0 Å². The van der Waals surface area contributed by atoms with Crippen LogP contribution in [0.5, 0.6) is 5.75 Å². The van der Waals surface area contributed by atoms with Crippen molar-refractivity contribution in [3.8, 4) is 5.75 Å². The molecule has 0 fully saturated rings. The molecule has 0 saturated carbocycles. The van der Waals surface area contributed by atoms with E-state index in [1.807, 2.05) is 0 Å². The molecule has 0 aromatic heterocycles. The Hall–Kier alpha value is -1.60. The lowest BCUT2D eigenvalue weighted by Crippen LogP contribution is -2.18. The maximum absolute atomic E-state index is 13.8. The molecule has 7 heteroatoms. The molecular weight excluding hydrogens is 354 g/mol. The fourth-order valence-electron chi connectivity index (χ4n) is 1.84. The van der Waals surface area contributed by atoms with Crippen molar-refractivity contribution in [1.82, 2.24) is 0 Å². The molecule has 0 amide bonds. The zero-order chi connectivity index (χ0) is 15.6. The SMILES string of the molecule is NC(c1cccc(OC(F)(F)F)c1)c1ccc(Br)cc1F. The third-order valence-electron chi connectivity index (χ3n) is 2.75. The average Bonchev–Trinajstić information content (AvgIpc) is 2.36. The van der Waals surface area contributed by atoms with Gasteiger partial charge in [0.1, 0.15) is 11.6 Å². The molecule has 21 heavy (non-hydrogen) atoms. The van der Waals surface area contributed by atoms with E-state index in [0.29, 0.717) is 10.0 Å². The number of halogens is 5. The van der Waals surface area contributed by atoms with E-state index in [0.717, 1.165) is 12.1 Å². The van der Waals surface area contributed by atoms with Crippen LogP contribution in [0.2, 0.25) is 0 Å². The van der Waals surface area contributed by atoms with Crippen molar-refractivity contribution >= 4 is 15.9 Å². The number of hydrogen-bond donors (Lipinski definition) is 1. The van der Waals surface area contributed by atoms with Crippen LogP contribution in [0.3, 0.4) is 0 Å². The number of hydrogen-bond acceptors (Lipinski definition) is 2. The van der Waals surface area contributed by atoms with Crippen LogP contribution in [0.1, 0.15) is 17.2 Å². The van der Waals surface area contributed by atoms with Crippen LogP contribution in [0.15, 0.2) is 46.9 Å². The Morgan fingerprint density at radius 2 is 1.81 bits per heavy atom. The molecule has 1 unspecified atom stereocenters. The first-order valence-electron chi connectivity index (χ1n) is 5.82. The van der Waals surface area contributed by atoms with Crippen molar-refractivity contribution in [2.75, 3.05) is 0 Å². The van der Waals surface area contributed by atoms with Gasteiger partial charge in [-0.05, 0) is 29.8 Å². The van der Waals surface area contributed by atoms with Crippen molar-refractivity contribution in [3.63, 3.8) is 0 Å². The van der Waals surface area contributed by atoms with Gasteiger partial charge in [-0.1, -0.05) is 34.1 Å². The number of rotatable bonds is 3. The molecule has 0 heterocycles. The van der Waals surface area contributed by atoms with E-state index in [9.17, 15) is 17.6 Å². The number of ether oxygens (including phenoxy) is 1. The Kier molecular flexibility index (Phi) is 4.53. The highest BCUT2D eigenvalue weighted by Gasteiger charge is 2.31. The summed E-state index contributed by atoms with van der Waals surface area (Å²) in [4.78, 5) is 0. The molecule has 112 valence electrons. The van der Waals surface area contributed by atoms with Gasteiger partial charge >= 0.3 is 6.36 Å². The molecule has 2 rings (SSSR count). The molecule has 1 atom stereocenters. The summed E-state index contributed by atoms with van der Waals surface area (Å²) in [7, 11) is 0. The Balaban J connectivity index is 2.31. The zero-order valence-electron chi connectivity index (χ0n) is 10.5. The topological polar surface area (TPSA) is 35.2 Å². The zero-order valence-corrected chi connectivity index (χ0v) is 12.1. The Bertz CT molecular complexity index is 645. The van der Waals surface area contributed by atoms with Crippen LogP contribution in [-0.4, -0.2) is 6.36 Å². The lowest BCUT2D eigenvalue weighted by molar-refractivity contribution is -0.274. The smallest absolute Gasteiger partial charge is 0.406 e. The standard InChI is InChI=1S/C14H10BrF4NO/c15-9-4-5-11(12(16)7-9)13(20)8-2-1-3-10(6-8)21-14(17,18)19/h1-7,13H,20H2. The Morgan fingerprint density at radius 3 is 2.43 bits per heavy atom. The first-order chi connectivity index (χ1) is 9.76. The molecule has 0 saturated heterocycles. The summed E-state index contributed by atoms with van der Waals surface area (Å²) < 4.78 is 54.8. The van der Waals surface area contributed by atoms with E-state index >= 15 is 0 Å². The third-order valence-corrected chi connectivity index (χ3v) is 3.24. The lowest BCUT2D eigenvalue weighted by Gasteiger charge is -2.15. The van der Waals surface area contributed by atoms with E-state index in [-0.39, 0.29) is 5.56 Å². The minimum absolute atomic E-state index is 0.183. The van der Waals surface area contributed by atoms with Gasteiger partial charge in [-0.25, -0.2) is 4.39 Å². The van der Waals surface area contributed by atoms with Gasteiger partial charge in [-0.2, -0.15) is 0 Å². The average molecular weight is 364 g/mol. The van der Waals surface area contributed by atoms with Crippen molar-refractivity contribution < 1.29 is 22.3 Å². The van der Waals surface area contributed by atoms with Gasteiger partial charge in [-0.15, -0.1) is 13.2 Å². The molecule has 0 radical (unpaired) electrons. The monoisotopic (exact) mass is 363 g/mol. The third kappa shape index (κ3) is 4.18. The van der Waals surface area contributed by atoms with Crippen molar-refractivity contribution in [3.05, 3.63) is 63.9 Å². The lowest BCUT2D eigenvalue weighted by atomic mass is 9.99. The first kappa shape index (κ1) is 15.8. The summed E-state index contributed by atoms with van der Waals surface area (Å²) in [5, 5.41) is 0. The quantitative estimate of drug-likeness (QED) is 0.812. The summed E-state index contributed by atoms with van der Waals surface area (Å²) in [6.45, 7) is 0. The fraction of sp³-hybridized carbons (Fsp3) is 0.143. The molecule has 0 spiro atoms. The van der Waals surface area contributed by atoms with Crippen LogP contribution < -0.4 is 10.5 Å². The van der Waals surface area contributed by atoms with Gasteiger partial charge < -0.3 is 10.5 Å². The highest BCUT2D eigenvalue weighted by molar-refractivity contribution is 9.10. The molecule has 2 aromatic carbocycles. The number of nitrogens with two attached hydrogens (primary N) is 1. The Morgan fingerprint density at radius 1 is 1.10 bits per heavy atom. The van der Waals surface area contributed by atoms with Gasteiger partial charge in [0.15, 0.2) is 0 Å². The summed E-state index contributed by atoms with van der Waals surface area (Å²) in [5.74, 6) is -0.938. The summed E-state index contributed by atoms with van der Waals surface area (Å²) in [6.07, 6.45) is -4.79. The number of alkyl halides is 3. The highest BCUT2D eigenvalue weighted by atomic mass is 79.9. The predicted molar refractivity (Wildman–Crippen MR) is 73.3 cm³/mol. The van der Waals surface area contributed by atoms with E-state index in [2.05, 4.69) is 20.7 Å². The van der Waals surface area contributed by atoms with Crippen LogP contribution in [-0.2, 0) is 0 Å². The molecule has 0 aliphatic carbocycles. The van der Waals surface area contributed by atoms with Gasteiger partial charge in [-0.3, -0.25) is 0 Å². The van der Waals surface area contributed by atoms with Crippen molar-refractivity contribution in [1.29, 1.82) is 0 Å². The molecule has 2 aromatic rings. The minimum atomic E-state index is -4.79. The molecule has 0 aliphatic heterocycles. The van der Waals surface area contributed by atoms with Crippen molar-refractivity contribution in [2.24, 2.45) is 5.73 Å². The van der Waals surface area contributed by atoms with Gasteiger partial charge in [0.25, 0.3) is 0 Å². The highest BCUT2D eigenvalue weighted by Crippen LogP contribution is 2.29. The molecule has 2 N–H and O–H groups in total. The first-order valence-corrected chi connectivity index (χ1v) is 6.62. The largest absolute Gasteiger partial charge is 0.573 e. The van der Waals surface area contributed by atoms with Crippen LogP contribution in [0.4, 0.5) is 17.6 Å². The molecule has 2 nitrogen and oxygen atoms in total. The van der Waals surface area contributed by atoms with Gasteiger partial charge in [0.05, 0.1) is 6.04 Å². The molecule has 0 bridgehead atoms. The molecule has 0 aliphatic rings. The van der Waals surface area contributed by atoms with E-state index in [1.165, 1.54) is 24.3 Å². The number of benzene rings is 2. The van der Waals surface area contributed by atoms with E-state index in [1.54, 1.807) is 6.07 Å². The second kappa shape index (κ2) is 6.03. The van der Waals surface area contributed by atoms with E-state index in [4.69, 9.17) is 5.73 Å². The normalized spacial score (nSPS) is 13.0. The van der Waals surface area contributed by atoms with Crippen LogP contribution in [0, 0.1) is 5.82 Å². The molecular formula is C14H10BrF4NO. The minimum Gasteiger partial charge on any atom is -0.406 e. The van der Waals surface area contributed by atoms with Crippen LogP contribution in [0.25, 0.3) is 0 Å². The predicted octanol–water partition coefficient (Wildman–Crippen LogP) is 4.53. The van der Waals surface area contributed by atoms with Gasteiger partial charge in [0.2, 0.25) is 0 Å². The van der Waals surface area contributed by atoms with Gasteiger partial charge in [0, 0.05) is 10.0 Å². The second-order valence-electron chi connectivity index (χ2n) is 4.26. The summed E-state index contributed by atoms with van der Waals surface area (Å²) in [6, 6.07) is 8.60. The Labute approximate surface area is 126 Å². The van der Waals surface area contributed by atoms with Crippen molar-refractivity contribution in [2.45, 2.75) is 12.4 Å². The summed E-state index contributed by atoms with van der Waals surface area (Å²) >= 11 is 3.12.